The molecule has 2 aliphatic rings. The molecule has 0 aliphatic carbocycles. The van der Waals surface area contributed by atoms with E-state index in [1.807, 2.05) is 60.7 Å². The van der Waals surface area contributed by atoms with Crippen molar-refractivity contribution < 1.29 is 33.6 Å². The maximum absolute atomic E-state index is 12.5. The van der Waals surface area contributed by atoms with Crippen molar-refractivity contribution in [3.05, 3.63) is 107 Å². The van der Waals surface area contributed by atoms with Crippen LogP contribution in [0.15, 0.2) is 84.9 Å². The van der Waals surface area contributed by atoms with Gasteiger partial charge in [0.05, 0.1) is 37.1 Å². The van der Waals surface area contributed by atoms with Crippen molar-refractivity contribution in [1.82, 2.24) is 4.90 Å². The summed E-state index contributed by atoms with van der Waals surface area (Å²) >= 11 is 0. The van der Waals surface area contributed by atoms with E-state index >= 15 is 0 Å². The van der Waals surface area contributed by atoms with Gasteiger partial charge in [0, 0.05) is 19.6 Å². The van der Waals surface area contributed by atoms with Crippen LogP contribution in [0.2, 0.25) is 0 Å². The second-order valence-corrected chi connectivity index (χ2v) is 10.4. The fraction of sp³-hybridized carbons (Fsp3) is 0.394. The Morgan fingerprint density at radius 3 is 1.98 bits per heavy atom. The molecule has 216 valence electrons. The summed E-state index contributed by atoms with van der Waals surface area (Å²) in [6, 6.07) is 26.8. The molecule has 2 heterocycles. The van der Waals surface area contributed by atoms with Gasteiger partial charge >= 0.3 is 0 Å². The lowest BCUT2D eigenvalue weighted by molar-refractivity contribution is -0.264. The second-order valence-electron chi connectivity index (χ2n) is 10.4. The lowest BCUT2D eigenvalue weighted by Gasteiger charge is -2.39. The van der Waals surface area contributed by atoms with Gasteiger partial charge in [0.15, 0.2) is 6.29 Å². The number of rotatable bonds is 14. The van der Waals surface area contributed by atoms with Crippen LogP contribution in [0.4, 0.5) is 0 Å². The number of carbonyl (C=O) groups excluding carboxylic acids is 2. The third-order valence-electron chi connectivity index (χ3n) is 7.42. The van der Waals surface area contributed by atoms with E-state index in [-0.39, 0.29) is 24.5 Å². The summed E-state index contributed by atoms with van der Waals surface area (Å²) in [5.41, 5.74) is 3.04. The van der Waals surface area contributed by atoms with Gasteiger partial charge in [0.2, 0.25) is 0 Å². The first-order valence-electron chi connectivity index (χ1n) is 14.3. The van der Waals surface area contributed by atoms with Gasteiger partial charge in [-0.1, -0.05) is 72.8 Å². The molecular weight excluding hydrogens is 522 g/mol. The SMILES string of the molecule is O=C1c2ccccc2C(=O)N1CCCCCOC[C@H]1O[C@@H](O)C[C@H](OCc2ccccc2)[C@H]1OCc1ccccc1. The predicted molar refractivity (Wildman–Crippen MR) is 152 cm³/mol. The molecule has 41 heavy (non-hydrogen) atoms. The maximum atomic E-state index is 12.5. The molecule has 0 radical (unpaired) electrons. The Morgan fingerprint density at radius 1 is 0.756 bits per heavy atom. The number of aliphatic hydroxyl groups excluding tert-OH is 1. The van der Waals surface area contributed by atoms with Crippen LogP contribution in [-0.4, -0.2) is 66.2 Å². The van der Waals surface area contributed by atoms with Gasteiger partial charge in [0.1, 0.15) is 12.2 Å². The molecule has 2 aliphatic heterocycles. The molecule has 0 unspecified atom stereocenters. The average Bonchev–Trinajstić information content (AvgIpc) is 3.24. The number of aliphatic hydroxyl groups is 1. The second kappa shape index (κ2) is 14.5. The van der Waals surface area contributed by atoms with E-state index in [0.717, 1.165) is 24.0 Å². The first-order valence-corrected chi connectivity index (χ1v) is 14.3. The predicted octanol–water partition coefficient (Wildman–Crippen LogP) is 4.75. The molecule has 0 saturated carbocycles. The third kappa shape index (κ3) is 7.67. The van der Waals surface area contributed by atoms with Crippen LogP contribution >= 0.6 is 0 Å². The Hall–Kier alpha value is -3.40. The number of amides is 2. The summed E-state index contributed by atoms with van der Waals surface area (Å²) in [6.07, 6.45) is 0.321. The Balaban J connectivity index is 1.09. The van der Waals surface area contributed by atoms with Gasteiger partial charge in [-0.05, 0) is 42.5 Å². The van der Waals surface area contributed by atoms with Crippen molar-refractivity contribution >= 4 is 11.8 Å². The van der Waals surface area contributed by atoms with Crippen molar-refractivity contribution in [1.29, 1.82) is 0 Å². The van der Waals surface area contributed by atoms with Crippen LogP contribution in [0.5, 0.6) is 0 Å². The Labute approximate surface area is 240 Å². The molecule has 0 aromatic heterocycles. The molecule has 1 saturated heterocycles. The summed E-state index contributed by atoms with van der Waals surface area (Å²) in [4.78, 5) is 26.4. The maximum Gasteiger partial charge on any atom is 0.261 e. The molecule has 0 spiro atoms. The minimum absolute atomic E-state index is 0.222. The summed E-state index contributed by atoms with van der Waals surface area (Å²) in [5.74, 6) is -0.444. The van der Waals surface area contributed by atoms with E-state index in [0.29, 0.717) is 50.3 Å². The summed E-state index contributed by atoms with van der Waals surface area (Å²) < 4.78 is 24.4. The van der Waals surface area contributed by atoms with Crippen LogP contribution in [0.3, 0.4) is 0 Å². The zero-order valence-electron chi connectivity index (χ0n) is 23.1. The Bertz CT molecular complexity index is 1230. The summed E-state index contributed by atoms with van der Waals surface area (Å²) in [7, 11) is 0. The van der Waals surface area contributed by atoms with Crippen molar-refractivity contribution in [3.8, 4) is 0 Å². The molecule has 8 nitrogen and oxygen atoms in total. The number of carbonyl (C=O) groups is 2. The van der Waals surface area contributed by atoms with Gasteiger partial charge in [-0.15, -0.1) is 0 Å². The highest BCUT2D eigenvalue weighted by Crippen LogP contribution is 2.27. The molecule has 1 fully saturated rings. The normalized spacial score (nSPS) is 22.2. The molecular formula is C33H37NO7. The van der Waals surface area contributed by atoms with E-state index in [2.05, 4.69) is 0 Å². The summed E-state index contributed by atoms with van der Waals surface area (Å²) in [5, 5.41) is 10.5. The largest absolute Gasteiger partial charge is 0.379 e. The van der Waals surface area contributed by atoms with Crippen LogP contribution in [-0.2, 0) is 32.2 Å². The highest BCUT2D eigenvalue weighted by molar-refractivity contribution is 6.21. The fourth-order valence-corrected chi connectivity index (χ4v) is 5.26. The summed E-state index contributed by atoms with van der Waals surface area (Å²) in [6.45, 7) is 1.92. The highest BCUT2D eigenvalue weighted by atomic mass is 16.6. The molecule has 5 rings (SSSR count). The van der Waals surface area contributed by atoms with Gasteiger partial charge in [-0.2, -0.15) is 0 Å². The zero-order valence-corrected chi connectivity index (χ0v) is 23.1. The van der Waals surface area contributed by atoms with E-state index < -0.39 is 18.5 Å². The van der Waals surface area contributed by atoms with E-state index in [1.165, 1.54) is 4.90 Å². The van der Waals surface area contributed by atoms with Gasteiger partial charge in [-0.25, -0.2) is 0 Å². The minimum atomic E-state index is -0.972. The standard InChI is InChI=1S/C33H37NO7/c35-30-20-28(39-21-24-12-4-1-5-13-24)31(40-22-25-14-6-2-7-15-25)29(41-30)23-38-19-11-3-10-18-34-32(36)26-16-8-9-17-27(26)33(34)37/h1-2,4-9,12-17,28-31,35H,3,10-11,18-23H2/t28-,29+,30+,31+/m0/s1. The molecule has 1 N–H and O–H groups in total. The van der Waals surface area contributed by atoms with Crippen LogP contribution < -0.4 is 0 Å². The van der Waals surface area contributed by atoms with Gasteiger partial charge in [-0.3, -0.25) is 14.5 Å². The zero-order chi connectivity index (χ0) is 28.4. The number of hydrogen-bond donors (Lipinski definition) is 1. The number of imide groups is 1. The molecule has 3 aromatic carbocycles. The molecule has 3 aromatic rings. The van der Waals surface area contributed by atoms with Gasteiger partial charge < -0.3 is 24.1 Å². The molecule has 4 atom stereocenters. The average molecular weight is 560 g/mol. The molecule has 2 amide bonds. The lowest BCUT2D eigenvalue weighted by Crippen LogP contribution is -2.52. The first kappa shape index (κ1) is 29.1. The van der Waals surface area contributed by atoms with Gasteiger partial charge in [0.25, 0.3) is 11.8 Å². The topological polar surface area (TPSA) is 94.5 Å². The smallest absolute Gasteiger partial charge is 0.261 e. The number of hydrogen-bond acceptors (Lipinski definition) is 7. The number of unbranched alkanes of at least 4 members (excludes halogenated alkanes) is 2. The third-order valence-corrected chi connectivity index (χ3v) is 7.42. The van der Waals surface area contributed by atoms with Crippen LogP contribution in [0, 0.1) is 0 Å². The Morgan fingerprint density at radius 2 is 1.34 bits per heavy atom. The van der Waals surface area contributed by atoms with Crippen LogP contribution in [0.25, 0.3) is 0 Å². The number of ether oxygens (including phenoxy) is 4. The monoisotopic (exact) mass is 559 g/mol. The highest BCUT2D eigenvalue weighted by Gasteiger charge is 2.40. The quantitative estimate of drug-likeness (QED) is 0.225. The molecule has 8 heteroatoms. The first-order chi connectivity index (χ1) is 20.1. The number of benzene rings is 3. The van der Waals surface area contributed by atoms with Crippen LogP contribution in [0.1, 0.15) is 57.5 Å². The number of nitrogens with zero attached hydrogens (tertiary/aromatic N) is 1. The number of fused-ring (bicyclic) bond motifs is 1. The Kier molecular flexibility index (Phi) is 10.3. The van der Waals surface area contributed by atoms with E-state index in [4.69, 9.17) is 18.9 Å². The lowest BCUT2D eigenvalue weighted by atomic mass is 10.0. The van der Waals surface area contributed by atoms with E-state index in [1.54, 1.807) is 24.3 Å². The van der Waals surface area contributed by atoms with Crippen molar-refractivity contribution in [2.24, 2.45) is 0 Å². The fourth-order valence-electron chi connectivity index (χ4n) is 5.26. The van der Waals surface area contributed by atoms with Crippen molar-refractivity contribution in [3.63, 3.8) is 0 Å². The minimum Gasteiger partial charge on any atom is -0.379 e. The van der Waals surface area contributed by atoms with E-state index in [9.17, 15) is 14.7 Å². The molecule has 0 bridgehead atoms. The van der Waals surface area contributed by atoms with Crippen molar-refractivity contribution in [2.45, 2.75) is 63.5 Å². The van der Waals surface area contributed by atoms with Crippen molar-refractivity contribution in [2.75, 3.05) is 19.8 Å².